The third kappa shape index (κ3) is 3.23. The molecule has 1 aliphatic carbocycles. The largest absolute Gasteiger partial charge is 0.354 e. The molecule has 0 aromatic rings. The van der Waals surface area contributed by atoms with Crippen LogP contribution < -0.4 is 5.73 Å². The Balaban J connectivity index is 2.79. The highest BCUT2D eigenvalue weighted by Gasteiger charge is 2.41. The van der Waals surface area contributed by atoms with Crippen molar-refractivity contribution in [1.82, 2.24) is 4.90 Å². The third-order valence-electron chi connectivity index (χ3n) is 4.61. The maximum atomic E-state index is 6.00. The van der Waals surface area contributed by atoms with Crippen molar-refractivity contribution in [2.45, 2.75) is 57.4 Å². The minimum atomic E-state index is -0.287. The summed E-state index contributed by atoms with van der Waals surface area (Å²) in [6.07, 6.45) is 4.86. The second-order valence-corrected chi connectivity index (χ2v) is 5.90. The summed E-state index contributed by atoms with van der Waals surface area (Å²) in [7, 11) is 5.51. The van der Waals surface area contributed by atoms with Gasteiger partial charge >= 0.3 is 0 Å². The van der Waals surface area contributed by atoms with E-state index in [0.717, 1.165) is 5.92 Å². The Morgan fingerprint density at radius 2 is 1.94 bits per heavy atom. The number of methoxy groups -OCH3 is 2. The van der Waals surface area contributed by atoms with Crippen LogP contribution in [0.4, 0.5) is 0 Å². The van der Waals surface area contributed by atoms with E-state index >= 15 is 0 Å². The molecule has 0 aliphatic heterocycles. The summed E-state index contributed by atoms with van der Waals surface area (Å²) in [6, 6.07) is 0.579. The summed E-state index contributed by atoms with van der Waals surface area (Å²) >= 11 is 0. The monoisotopic (exact) mass is 258 g/mol. The molecule has 108 valence electrons. The zero-order valence-corrected chi connectivity index (χ0v) is 12.6. The Labute approximate surface area is 112 Å². The number of hydrogen-bond donors (Lipinski definition) is 1. The molecule has 1 aliphatic rings. The zero-order chi connectivity index (χ0) is 13.8. The van der Waals surface area contributed by atoms with E-state index in [1.165, 1.54) is 25.7 Å². The molecule has 1 rings (SSSR count). The van der Waals surface area contributed by atoms with Gasteiger partial charge in [0, 0.05) is 26.8 Å². The molecule has 0 radical (unpaired) electrons. The quantitative estimate of drug-likeness (QED) is 0.738. The molecule has 3 unspecified atom stereocenters. The van der Waals surface area contributed by atoms with Gasteiger partial charge in [-0.3, -0.25) is 4.90 Å². The van der Waals surface area contributed by atoms with Crippen molar-refractivity contribution in [3.63, 3.8) is 0 Å². The lowest BCUT2D eigenvalue weighted by Gasteiger charge is -2.47. The second-order valence-electron chi connectivity index (χ2n) is 5.90. The first-order valence-corrected chi connectivity index (χ1v) is 6.98. The van der Waals surface area contributed by atoms with Gasteiger partial charge in [0.25, 0.3) is 0 Å². The highest BCUT2D eigenvalue weighted by atomic mass is 16.7. The average molecular weight is 258 g/mol. The van der Waals surface area contributed by atoms with Crippen molar-refractivity contribution in [3.8, 4) is 0 Å². The molecule has 0 aromatic heterocycles. The first kappa shape index (κ1) is 15.9. The van der Waals surface area contributed by atoms with Crippen molar-refractivity contribution in [1.29, 1.82) is 0 Å². The molecule has 0 spiro atoms. The van der Waals surface area contributed by atoms with Crippen LogP contribution in [-0.4, -0.2) is 50.6 Å². The molecule has 0 amide bonds. The van der Waals surface area contributed by atoms with Crippen LogP contribution in [0.2, 0.25) is 0 Å². The average Bonchev–Trinajstić information content (AvgIpc) is 2.38. The molecule has 0 aromatic carbocycles. The van der Waals surface area contributed by atoms with Gasteiger partial charge in [-0.05, 0) is 32.7 Å². The van der Waals surface area contributed by atoms with Gasteiger partial charge < -0.3 is 15.2 Å². The fourth-order valence-corrected chi connectivity index (χ4v) is 3.18. The van der Waals surface area contributed by atoms with Crippen LogP contribution in [0.3, 0.4) is 0 Å². The van der Waals surface area contributed by atoms with Crippen LogP contribution in [0.15, 0.2) is 0 Å². The molecule has 3 atom stereocenters. The lowest BCUT2D eigenvalue weighted by molar-refractivity contribution is -0.185. The van der Waals surface area contributed by atoms with E-state index in [9.17, 15) is 0 Å². The maximum absolute atomic E-state index is 6.00. The predicted molar refractivity (Wildman–Crippen MR) is 74.4 cm³/mol. The minimum Gasteiger partial charge on any atom is -0.354 e. The summed E-state index contributed by atoms with van der Waals surface area (Å²) in [5, 5.41) is 0. The summed E-state index contributed by atoms with van der Waals surface area (Å²) in [5.74, 6) is 0.803. The van der Waals surface area contributed by atoms with Crippen molar-refractivity contribution in [2.75, 3.05) is 27.8 Å². The Morgan fingerprint density at radius 1 is 1.33 bits per heavy atom. The third-order valence-corrected chi connectivity index (χ3v) is 4.61. The van der Waals surface area contributed by atoms with Crippen molar-refractivity contribution in [3.05, 3.63) is 0 Å². The molecule has 1 fully saturated rings. The van der Waals surface area contributed by atoms with Crippen LogP contribution in [0.25, 0.3) is 0 Å². The van der Waals surface area contributed by atoms with Gasteiger partial charge in [0.15, 0.2) is 6.29 Å². The van der Waals surface area contributed by atoms with Crippen molar-refractivity contribution >= 4 is 0 Å². The molecule has 0 bridgehead atoms. The van der Waals surface area contributed by atoms with Gasteiger partial charge in [0.2, 0.25) is 0 Å². The van der Waals surface area contributed by atoms with E-state index in [2.05, 4.69) is 25.8 Å². The van der Waals surface area contributed by atoms with Gasteiger partial charge in [-0.25, -0.2) is 0 Å². The first-order valence-electron chi connectivity index (χ1n) is 6.98. The Hall–Kier alpha value is -0.160. The molecule has 0 heterocycles. The van der Waals surface area contributed by atoms with Gasteiger partial charge in [0.05, 0.1) is 5.54 Å². The molecule has 18 heavy (non-hydrogen) atoms. The molecular weight excluding hydrogens is 228 g/mol. The Bertz CT molecular complexity index is 246. The lowest BCUT2D eigenvalue weighted by atomic mass is 9.84. The van der Waals surface area contributed by atoms with Crippen molar-refractivity contribution in [2.24, 2.45) is 11.7 Å². The van der Waals surface area contributed by atoms with Crippen LogP contribution >= 0.6 is 0 Å². The fraction of sp³-hybridized carbons (Fsp3) is 1.00. The topological polar surface area (TPSA) is 47.7 Å². The summed E-state index contributed by atoms with van der Waals surface area (Å²) in [5.41, 5.74) is 5.73. The van der Waals surface area contributed by atoms with Gasteiger partial charge in [0.1, 0.15) is 0 Å². The van der Waals surface area contributed by atoms with Crippen LogP contribution in [0.1, 0.15) is 39.5 Å². The Kier molecular flexibility index (Phi) is 6.05. The van der Waals surface area contributed by atoms with Crippen LogP contribution in [0.5, 0.6) is 0 Å². The normalized spacial score (nSPS) is 28.7. The number of nitrogens with zero attached hydrogens (tertiary/aromatic N) is 1. The Morgan fingerprint density at radius 3 is 2.39 bits per heavy atom. The van der Waals surface area contributed by atoms with E-state index in [1.807, 2.05) is 0 Å². The van der Waals surface area contributed by atoms with Crippen LogP contribution in [-0.2, 0) is 9.47 Å². The molecule has 4 nitrogen and oxygen atoms in total. The minimum absolute atomic E-state index is 0.273. The molecular formula is C14H30N2O2. The van der Waals surface area contributed by atoms with Crippen molar-refractivity contribution < 1.29 is 9.47 Å². The van der Waals surface area contributed by atoms with Gasteiger partial charge in [-0.1, -0.05) is 19.8 Å². The fourth-order valence-electron chi connectivity index (χ4n) is 3.18. The van der Waals surface area contributed by atoms with E-state index in [-0.39, 0.29) is 11.8 Å². The van der Waals surface area contributed by atoms with E-state index in [0.29, 0.717) is 12.6 Å². The molecule has 1 saturated carbocycles. The van der Waals surface area contributed by atoms with Crippen LogP contribution in [0, 0.1) is 5.92 Å². The first-order chi connectivity index (χ1) is 8.49. The molecule has 2 N–H and O–H groups in total. The van der Waals surface area contributed by atoms with E-state index in [4.69, 9.17) is 15.2 Å². The molecule has 0 saturated heterocycles. The zero-order valence-electron chi connectivity index (χ0n) is 12.6. The standard InChI is InChI=1S/C14H30N2O2/c1-11-7-6-8-12(9-11)16(3)14(2,10-15)13(17-4)18-5/h11-13H,6-10,15H2,1-5H3. The predicted octanol–water partition coefficient (Wildman–Crippen LogP) is 1.83. The number of hydrogen-bond acceptors (Lipinski definition) is 4. The number of nitrogens with two attached hydrogens (primary N) is 1. The summed E-state index contributed by atoms with van der Waals surface area (Å²) in [6.45, 7) is 4.99. The number of likely N-dealkylation sites (N-methyl/N-ethyl adjacent to an activating group) is 1. The number of ether oxygens (including phenoxy) is 2. The van der Waals surface area contributed by atoms with Gasteiger partial charge in [-0.15, -0.1) is 0 Å². The van der Waals surface area contributed by atoms with Gasteiger partial charge in [-0.2, -0.15) is 0 Å². The lowest BCUT2D eigenvalue weighted by Crippen LogP contribution is -2.62. The molecule has 4 heteroatoms. The summed E-state index contributed by atoms with van der Waals surface area (Å²) in [4.78, 5) is 2.38. The second kappa shape index (κ2) is 6.85. The highest BCUT2D eigenvalue weighted by Crippen LogP contribution is 2.32. The highest BCUT2D eigenvalue weighted by molar-refractivity contribution is 4.94. The maximum Gasteiger partial charge on any atom is 0.176 e. The van der Waals surface area contributed by atoms with E-state index in [1.54, 1.807) is 14.2 Å². The number of rotatable bonds is 6. The SMILES string of the molecule is COC(OC)C(C)(CN)N(C)C1CCCC(C)C1. The van der Waals surface area contributed by atoms with E-state index < -0.39 is 0 Å². The summed E-state index contributed by atoms with van der Waals surface area (Å²) < 4.78 is 10.9. The smallest absolute Gasteiger partial charge is 0.176 e.